The van der Waals surface area contributed by atoms with Gasteiger partial charge in [-0.3, -0.25) is 0 Å². The summed E-state index contributed by atoms with van der Waals surface area (Å²) in [5.74, 6) is 0. The lowest BCUT2D eigenvalue weighted by Crippen LogP contribution is -1.81. The van der Waals surface area contributed by atoms with Gasteiger partial charge >= 0.3 is 0 Å². The van der Waals surface area contributed by atoms with E-state index in [1.807, 2.05) is 12.1 Å². The molecule has 0 heterocycles. The van der Waals surface area contributed by atoms with Crippen molar-refractivity contribution in [3.63, 3.8) is 0 Å². The van der Waals surface area contributed by atoms with Crippen LogP contribution >= 0.6 is 11.6 Å². The van der Waals surface area contributed by atoms with Gasteiger partial charge in [0, 0.05) is 10.4 Å². The molecule has 4 rings (SSSR count). The first kappa shape index (κ1) is 10.8. The fourth-order valence-electron chi connectivity index (χ4n) is 2.83. The molecule has 0 radical (unpaired) electrons. The van der Waals surface area contributed by atoms with Crippen molar-refractivity contribution in [1.82, 2.24) is 0 Å². The number of hydrogen-bond acceptors (Lipinski definition) is 0. The van der Waals surface area contributed by atoms with Crippen molar-refractivity contribution in [2.75, 3.05) is 0 Å². The Morgan fingerprint density at radius 3 is 2.21 bits per heavy atom. The van der Waals surface area contributed by atoms with Gasteiger partial charge in [-0.25, -0.2) is 0 Å². The molecule has 0 aliphatic heterocycles. The molecule has 0 nitrogen and oxygen atoms in total. The average molecular weight is 263 g/mol. The average Bonchev–Trinajstić information content (AvgIpc) is 2.46. The van der Waals surface area contributed by atoms with Crippen LogP contribution in [0.5, 0.6) is 0 Å². The summed E-state index contributed by atoms with van der Waals surface area (Å²) in [6.07, 6.45) is 0. The number of benzene rings is 4. The van der Waals surface area contributed by atoms with Crippen LogP contribution in [0, 0.1) is 0 Å². The van der Waals surface area contributed by atoms with E-state index in [1.54, 1.807) is 0 Å². The van der Waals surface area contributed by atoms with Gasteiger partial charge in [0.2, 0.25) is 0 Å². The van der Waals surface area contributed by atoms with Gasteiger partial charge in [-0.15, -0.1) is 0 Å². The van der Waals surface area contributed by atoms with Crippen molar-refractivity contribution >= 4 is 43.9 Å². The number of rotatable bonds is 0. The number of hydrogen-bond donors (Lipinski definition) is 0. The molecule has 19 heavy (non-hydrogen) atoms. The van der Waals surface area contributed by atoms with Gasteiger partial charge < -0.3 is 0 Å². The first-order chi connectivity index (χ1) is 9.34. The zero-order valence-corrected chi connectivity index (χ0v) is 11.0. The molecule has 0 bridgehead atoms. The molecular weight excluding hydrogens is 252 g/mol. The Hall–Kier alpha value is -2.05. The molecule has 0 spiro atoms. The van der Waals surface area contributed by atoms with Crippen LogP contribution < -0.4 is 0 Å². The topological polar surface area (TPSA) is 0 Å². The minimum atomic E-state index is 0.818. The van der Waals surface area contributed by atoms with Crippen LogP contribution in [0.4, 0.5) is 0 Å². The third kappa shape index (κ3) is 1.54. The zero-order valence-electron chi connectivity index (χ0n) is 10.2. The summed E-state index contributed by atoms with van der Waals surface area (Å²) in [6, 6.07) is 23.2. The maximum atomic E-state index is 6.39. The maximum Gasteiger partial charge on any atom is 0.0490 e. The van der Waals surface area contributed by atoms with Gasteiger partial charge in [0.25, 0.3) is 0 Å². The standard InChI is InChI=1S/C18H11Cl/c19-17-7-3-5-13-9-10-15-14-6-2-1-4-12(14)8-11-16(15)18(13)17/h1-11H. The largest absolute Gasteiger partial charge is 0.0836 e. The highest BCUT2D eigenvalue weighted by Gasteiger charge is 2.06. The Morgan fingerprint density at radius 1 is 0.526 bits per heavy atom. The minimum absolute atomic E-state index is 0.818. The van der Waals surface area contributed by atoms with E-state index in [9.17, 15) is 0 Å². The second-order valence-electron chi connectivity index (χ2n) is 4.79. The third-order valence-electron chi connectivity index (χ3n) is 3.72. The van der Waals surface area contributed by atoms with E-state index in [2.05, 4.69) is 54.6 Å². The molecule has 0 aliphatic carbocycles. The predicted molar refractivity (Wildman–Crippen MR) is 84.0 cm³/mol. The Morgan fingerprint density at radius 2 is 1.26 bits per heavy atom. The highest BCUT2D eigenvalue weighted by Crippen LogP contribution is 2.34. The van der Waals surface area contributed by atoms with Crippen molar-refractivity contribution in [3.05, 3.63) is 71.8 Å². The molecular formula is C18H11Cl. The van der Waals surface area contributed by atoms with Gasteiger partial charge in [0.05, 0.1) is 0 Å². The van der Waals surface area contributed by atoms with Gasteiger partial charge in [-0.1, -0.05) is 72.3 Å². The number of fused-ring (bicyclic) bond motifs is 5. The van der Waals surface area contributed by atoms with Crippen molar-refractivity contribution in [3.8, 4) is 0 Å². The molecule has 0 aromatic heterocycles. The molecule has 0 aliphatic rings. The second kappa shape index (κ2) is 3.97. The first-order valence-corrected chi connectivity index (χ1v) is 6.71. The Bertz CT molecular complexity index is 922. The lowest BCUT2D eigenvalue weighted by atomic mass is 9.97. The van der Waals surface area contributed by atoms with E-state index in [0.29, 0.717) is 0 Å². The van der Waals surface area contributed by atoms with Gasteiger partial charge in [0.15, 0.2) is 0 Å². The van der Waals surface area contributed by atoms with Crippen LogP contribution in [0.2, 0.25) is 5.02 Å². The van der Waals surface area contributed by atoms with Crippen LogP contribution in [-0.2, 0) is 0 Å². The summed E-state index contributed by atoms with van der Waals surface area (Å²) in [4.78, 5) is 0. The molecule has 4 aromatic carbocycles. The van der Waals surface area contributed by atoms with Gasteiger partial charge in [-0.2, -0.15) is 0 Å². The van der Waals surface area contributed by atoms with Gasteiger partial charge in [0.1, 0.15) is 0 Å². The van der Waals surface area contributed by atoms with Crippen LogP contribution in [-0.4, -0.2) is 0 Å². The molecule has 0 atom stereocenters. The molecule has 90 valence electrons. The van der Waals surface area contributed by atoms with Crippen molar-refractivity contribution in [2.45, 2.75) is 0 Å². The molecule has 0 amide bonds. The summed E-state index contributed by atoms with van der Waals surface area (Å²) in [7, 11) is 0. The van der Waals surface area contributed by atoms with E-state index in [0.717, 1.165) is 10.4 Å². The van der Waals surface area contributed by atoms with Crippen molar-refractivity contribution in [2.24, 2.45) is 0 Å². The summed E-state index contributed by atoms with van der Waals surface area (Å²) in [6.45, 7) is 0. The Balaban J connectivity index is 2.32. The molecule has 0 fully saturated rings. The smallest absolute Gasteiger partial charge is 0.0490 e. The summed E-state index contributed by atoms with van der Waals surface area (Å²) >= 11 is 6.39. The summed E-state index contributed by atoms with van der Waals surface area (Å²) in [5, 5.41) is 8.19. The molecule has 0 N–H and O–H groups in total. The summed E-state index contributed by atoms with van der Waals surface area (Å²) < 4.78 is 0. The summed E-state index contributed by atoms with van der Waals surface area (Å²) in [5.41, 5.74) is 0. The van der Waals surface area contributed by atoms with E-state index in [4.69, 9.17) is 11.6 Å². The Labute approximate surface area is 116 Å². The molecule has 4 aromatic rings. The molecule has 0 saturated carbocycles. The van der Waals surface area contributed by atoms with E-state index >= 15 is 0 Å². The highest BCUT2D eigenvalue weighted by molar-refractivity contribution is 6.38. The quantitative estimate of drug-likeness (QED) is 0.351. The van der Waals surface area contributed by atoms with Crippen LogP contribution in [0.1, 0.15) is 0 Å². The molecule has 0 saturated heterocycles. The fourth-order valence-corrected chi connectivity index (χ4v) is 3.11. The minimum Gasteiger partial charge on any atom is -0.0836 e. The predicted octanol–water partition coefficient (Wildman–Crippen LogP) is 5.80. The highest BCUT2D eigenvalue weighted by atomic mass is 35.5. The maximum absolute atomic E-state index is 6.39. The first-order valence-electron chi connectivity index (χ1n) is 6.33. The normalized spacial score (nSPS) is 11.4. The second-order valence-corrected chi connectivity index (χ2v) is 5.19. The number of halogens is 1. The van der Waals surface area contributed by atoms with Crippen LogP contribution in [0.25, 0.3) is 32.3 Å². The fraction of sp³-hybridized carbons (Fsp3) is 0. The van der Waals surface area contributed by atoms with Crippen LogP contribution in [0.15, 0.2) is 66.7 Å². The lowest BCUT2D eigenvalue weighted by Gasteiger charge is -2.08. The lowest BCUT2D eigenvalue weighted by molar-refractivity contribution is 1.77. The van der Waals surface area contributed by atoms with Crippen LogP contribution in [0.3, 0.4) is 0 Å². The van der Waals surface area contributed by atoms with Gasteiger partial charge in [-0.05, 0) is 33.0 Å². The third-order valence-corrected chi connectivity index (χ3v) is 4.03. The zero-order chi connectivity index (χ0) is 12.8. The SMILES string of the molecule is Clc1cccc2ccc3c4ccccc4ccc3c12. The van der Waals surface area contributed by atoms with Crippen molar-refractivity contribution < 1.29 is 0 Å². The van der Waals surface area contributed by atoms with E-state index in [1.165, 1.54) is 26.9 Å². The van der Waals surface area contributed by atoms with Crippen molar-refractivity contribution in [1.29, 1.82) is 0 Å². The molecule has 0 unspecified atom stereocenters. The Kier molecular flexibility index (Phi) is 2.27. The van der Waals surface area contributed by atoms with E-state index < -0.39 is 0 Å². The van der Waals surface area contributed by atoms with E-state index in [-0.39, 0.29) is 0 Å². The molecule has 1 heteroatoms. The monoisotopic (exact) mass is 262 g/mol.